The lowest BCUT2D eigenvalue weighted by molar-refractivity contribution is 0.0696. The Morgan fingerprint density at radius 1 is 1.35 bits per heavy atom. The predicted molar refractivity (Wildman–Crippen MR) is 66.3 cm³/mol. The number of carbonyl (C=O) groups is 1. The van der Waals surface area contributed by atoms with Crippen molar-refractivity contribution in [1.82, 2.24) is 4.98 Å². The summed E-state index contributed by atoms with van der Waals surface area (Å²) < 4.78 is 0. The van der Waals surface area contributed by atoms with E-state index in [4.69, 9.17) is 5.73 Å². The van der Waals surface area contributed by atoms with Crippen molar-refractivity contribution >= 4 is 11.7 Å². The van der Waals surface area contributed by atoms with Gasteiger partial charge in [0, 0.05) is 5.69 Å². The first-order valence-corrected chi connectivity index (χ1v) is 6.06. The Labute approximate surface area is 101 Å². The summed E-state index contributed by atoms with van der Waals surface area (Å²) in [5.41, 5.74) is 9.13. The molecule has 0 unspecified atom stereocenters. The van der Waals surface area contributed by atoms with Gasteiger partial charge in [-0.3, -0.25) is 4.98 Å². The highest BCUT2D eigenvalue weighted by Crippen LogP contribution is 2.32. The summed E-state index contributed by atoms with van der Waals surface area (Å²) in [6, 6.07) is 0. The number of aromatic carboxylic acids is 1. The van der Waals surface area contributed by atoms with E-state index in [2.05, 4.69) is 4.98 Å². The van der Waals surface area contributed by atoms with E-state index in [9.17, 15) is 9.90 Å². The van der Waals surface area contributed by atoms with Gasteiger partial charge in [-0.1, -0.05) is 13.8 Å². The molecule has 0 atom stereocenters. The van der Waals surface area contributed by atoms with Crippen molar-refractivity contribution in [2.75, 3.05) is 5.73 Å². The van der Waals surface area contributed by atoms with Crippen LogP contribution in [0.15, 0.2) is 0 Å². The molecule has 92 valence electrons. The molecule has 0 radical (unpaired) electrons. The van der Waals surface area contributed by atoms with Crippen LogP contribution in [0.25, 0.3) is 0 Å². The van der Waals surface area contributed by atoms with E-state index < -0.39 is 5.97 Å². The Morgan fingerprint density at radius 2 is 2.00 bits per heavy atom. The van der Waals surface area contributed by atoms with Crippen LogP contribution in [0.1, 0.15) is 59.9 Å². The number of anilines is 1. The Kier molecular flexibility index (Phi) is 3.05. The minimum atomic E-state index is -0.926. The van der Waals surface area contributed by atoms with Crippen LogP contribution < -0.4 is 5.73 Å². The first-order valence-electron chi connectivity index (χ1n) is 6.06. The largest absolute Gasteiger partial charge is 0.478 e. The van der Waals surface area contributed by atoms with Gasteiger partial charge in [-0.05, 0) is 37.2 Å². The summed E-state index contributed by atoms with van der Waals surface area (Å²) in [5, 5.41) is 9.32. The summed E-state index contributed by atoms with van der Waals surface area (Å²) in [6.45, 7) is 3.97. The zero-order chi connectivity index (χ0) is 12.6. The lowest BCUT2D eigenvalue weighted by Gasteiger charge is -2.21. The number of fused-ring (bicyclic) bond motifs is 1. The molecule has 1 aliphatic carbocycles. The zero-order valence-electron chi connectivity index (χ0n) is 10.3. The molecule has 4 nitrogen and oxygen atoms in total. The molecule has 0 saturated heterocycles. The third-order valence-electron chi connectivity index (χ3n) is 3.30. The number of nitrogens with zero attached hydrogens (tertiary/aromatic N) is 1. The smallest absolute Gasteiger partial charge is 0.338 e. The van der Waals surface area contributed by atoms with Gasteiger partial charge in [0.05, 0.1) is 16.9 Å². The van der Waals surface area contributed by atoms with E-state index in [1.54, 1.807) is 0 Å². The predicted octanol–water partition coefficient (Wildman–Crippen LogP) is 2.36. The second kappa shape index (κ2) is 4.35. The number of aryl methyl sites for hydroxylation is 1. The number of nitrogens with two attached hydrogens (primary N) is 1. The van der Waals surface area contributed by atoms with Gasteiger partial charge in [0.15, 0.2) is 0 Å². The summed E-state index contributed by atoms with van der Waals surface area (Å²) in [7, 11) is 0. The van der Waals surface area contributed by atoms with E-state index in [0.717, 1.165) is 42.6 Å². The van der Waals surface area contributed by atoms with E-state index in [1.165, 1.54) is 0 Å². The van der Waals surface area contributed by atoms with E-state index in [-0.39, 0.29) is 5.92 Å². The summed E-state index contributed by atoms with van der Waals surface area (Å²) >= 11 is 0. The van der Waals surface area contributed by atoms with Crippen LogP contribution in [0.4, 0.5) is 5.69 Å². The van der Waals surface area contributed by atoms with Crippen LogP contribution in [0.2, 0.25) is 0 Å². The van der Waals surface area contributed by atoms with Gasteiger partial charge in [0.1, 0.15) is 0 Å². The van der Waals surface area contributed by atoms with Crippen molar-refractivity contribution in [3.05, 3.63) is 22.5 Å². The third kappa shape index (κ3) is 1.99. The van der Waals surface area contributed by atoms with Crippen molar-refractivity contribution < 1.29 is 9.90 Å². The Hall–Kier alpha value is -1.58. The Morgan fingerprint density at radius 3 is 2.59 bits per heavy atom. The molecule has 17 heavy (non-hydrogen) atoms. The maximum Gasteiger partial charge on any atom is 0.338 e. The molecule has 2 rings (SSSR count). The maximum atomic E-state index is 11.4. The van der Waals surface area contributed by atoms with Gasteiger partial charge < -0.3 is 10.8 Å². The highest BCUT2D eigenvalue weighted by atomic mass is 16.4. The minimum absolute atomic E-state index is 0.153. The third-order valence-corrected chi connectivity index (χ3v) is 3.30. The van der Waals surface area contributed by atoms with Crippen molar-refractivity contribution in [2.45, 2.75) is 45.4 Å². The van der Waals surface area contributed by atoms with Crippen LogP contribution in [0.3, 0.4) is 0 Å². The number of hydrogen-bond acceptors (Lipinski definition) is 3. The molecular weight excluding hydrogens is 216 g/mol. The fourth-order valence-corrected chi connectivity index (χ4v) is 2.46. The van der Waals surface area contributed by atoms with Gasteiger partial charge >= 0.3 is 5.97 Å². The Bertz CT molecular complexity index is 467. The SMILES string of the molecule is CC(C)c1nc2c(c(C(=O)O)c1N)CCCC2. The van der Waals surface area contributed by atoms with Gasteiger partial charge in [-0.25, -0.2) is 4.79 Å². The summed E-state index contributed by atoms with van der Waals surface area (Å²) in [6.07, 6.45) is 3.76. The monoisotopic (exact) mass is 234 g/mol. The van der Waals surface area contributed by atoms with Crippen LogP contribution in [-0.4, -0.2) is 16.1 Å². The molecule has 0 bridgehead atoms. The topological polar surface area (TPSA) is 76.2 Å². The number of carboxylic acid groups (broad SMARTS) is 1. The molecule has 1 aliphatic rings. The molecule has 0 aliphatic heterocycles. The average Bonchev–Trinajstić information content (AvgIpc) is 2.27. The number of aromatic nitrogens is 1. The highest BCUT2D eigenvalue weighted by Gasteiger charge is 2.25. The zero-order valence-corrected chi connectivity index (χ0v) is 10.3. The van der Waals surface area contributed by atoms with Crippen molar-refractivity contribution in [3.8, 4) is 0 Å². The van der Waals surface area contributed by atoms with Crippen LogP contribution in [0.5, 0.6) is 0 Å². The number of rotatable bonds is 2. The number of carboxylic acids is 1. The lowest BCUT2D eigenvalue weighted by Crippen LogP contribution is -2.18. The molecule has 1 aromatic rings. The first-order chi connectivity index (χ1) is 8.02. The fraction of sp³-hybridized carbons (Fsp3) is 0.538. The molecular formula is C13H18N2O2. The number of hydrogen-bond donors (Lipinski definition) is 2. The minimum Gasteiger partial charge on any atom is -0.478 e. The molecule has 0 amide bonds. The van der Waals surface area contributed by atoms with Gasteiger partial charge in [0.2, 0.25) is 0 Å². The number of pyridine rings is 1. The van der Waals surface area contributed by atoms with E-state index in [1.807, 2.05) is 13.8 Å². The average molecular weight is 234 g/mol. The first kappa shape index (κ1) is 11.9. The lowest BCUT2D eigenvalue weighted by atomic mass is 9.89. The normalized spacial score (nSPS) is 14.8. The summed E-state index contributed by atoms with van der Waals surface area (Å²) in [4.78, 5) is 15.9. The molecule has 0 aromatic carbocycles. The van der Waals surface area contributed by atoms with Gasteiger partial charge in [-0.2, -0.15) is 0 Å². The van der Waals surface area contributed by atoms with Gasteiger partial charge in [0.25, 0.3) is 0 Å². The van der Waals surface area contributed by atoms with Crippen LogP contribution in [-0.2, 0) is 12.8 Å². The molecule has 3 N–H and O–H groups in total. The van der Waals surface area contributed by atoms with E-state index in [0.29, 0.717) is 11.3 Å². The Balaban J connectivity index is 2.69. The van der Waals surface area contributed by atoms with Crippen LogP contribution >= 0.6 is 0 Å². The maximum absolute atomic E-state index is 11.4. The van der Waals surface area contributed by atoms with E-state index >= 15 is 0 Å². The molecule has 1 heterocycles. The molecule has 0 saturated carbocycles. The van der Waals surface area contributed by atoms with Crippen molar-refractivity contribution in [1.29, 1.82) is 0 Å². The van der Waals surface area contributed by atoms with Crippen molar-refractivity contribution in [3.63, 3.8) is 0 Å². The quantitative estimate of drug-likeness (QED) is 0.823. The number of nitrogen functional groups attached to an aromatic ring is 1. The van der Waals surface area contributed by atoms with Crippen molar-refractivity contribution in [2.24, 2.45) is 0 Å². The molecule has 1 aromatic heterocycles. The highest BCUT2D eigenvalue weighted by molar-refractivity contribution is 5.96. The fourth-order valence-electron chi connectivity index (χ4n) is 2.46. The van der Waals surface area contributed by atoms with Crippen LogP contribution in [0, 0.1) is 0 Å². The second-order valence-corrected chi connectivity index (χ2v) is 4.88. The summed E-state index contributed by atoms with van der Waals surface area (Å²) in [5.74, 6) is -0.773. The molecule has 0 spiro atoms. The molecule has 0 fully saturated rings. The second-order valence-electron chi connectivity index (χ2n) is 4.88. The van der Waals surface area contributed by atoms with Gasteiger partial charge in [-0.15, -0.1) is 0 Å². The molecule has 4 heteroatoms. The standard InChI is InChI=1S/C13H18N2O2/c1-7(2)12-11(14)10(13(16)17)8-5-3-4-6-9(8)15-12/h7H,3-6,14H2,1-2H3,(H,16,17).